The average molecular weight is 408 g/mol. The van der Waals surface area contributed by atoms with E-state index in [0.29, 0.717) is 12.2 Å². The Morgan fingerprint density at radius 1 is 1.14 bits per heavy atom. The smallest absolute Gasteiger partial charge is 0.271 e. The maximum Gasteiger partial charge on any atom is 0.271 e. The summed E-state index contributed by atoms with van der Waals surface area (Å²) in [5.41, 5.74) is 6.21. The number of aromatic nitrogens is 1. The van der Waals surface area contributed by atoms with Crippen molar-refractivity contribution in [1.29, 1.82) is 0 Å². The number of ether oxygens (including phenoxy) is 1. The molecule has 4 rings (SSSR count). The van der Waals surface area contributed by atoms with Crippen LogP contribution in [0.5, 0.6) is 0 Å². The minimum Gasteiger partial charge on any atom is -0.378 e. The van der Waals surface area contributed by atoms with Gasteiger partial charge >= 0.3 is 0 Å². The van der Waals surface area contributed by atoms with E-state index in [4.69, 9.17) is 4.74 Å². The van der Waals surface area contributed by atoms with Gasteiger partial charge in [0.05, 0.1) is 13.2 Å². The lowest BCUT2D eigenvalue weighted by Crippen LogP contribution is -2.36. The van der Waals surface area contributed by atoms with Gasteiger partial charge in [-0.15, -0.1) is 11.3 Å². The molecule has 1 saturated heterocycles. The summed E-state index contributed by atoms with van der Waals surface area (Å²) in [6.07, 6.45) is 0. The third kappa shape index (κ3) is 4.66. The van der Waals surface area contributed by atoms with Crippen LogP contribution < -0.4 is 10.2 Å². The Morgan fingerprint density at radius 3 is 2.62 bits per heavy atom. The van der Waals surface area contributed by atoms with Crippen LogP contribution in [0.1, 0.15) is 27.2 Å². The fourth-order valence-electron chi connectivity index (χ4n) is 3.47. The van der Waals surface area contributed by atoms with E-state index >= 15 is 0 Å². The lowest BCUT2D eigenvalue weighted by Gasteiger charge is -2.28. The molecule has 0 unspecified atom stereocenters. The molecule has 29 heavy (non-hydrogen) atoms. The predicted molar refractivity (Wildman–Crippen MR) is 118 cm³/mol. The van der Waals surface area contributed by atoms with Gasteiger partial charge in [0.2, 0.25) is 0 Å². The maximum atomic E-state index is 12.5. The van der Waals surface area contributed by atoms with Crippen molar-refractivity contribution in [2.45, 2.75) is 20.4 Å². The van der Waals surface area contributed by atoms with Crippen LogP contribution >= 0.6 is 11.3 Å². The van der Waals surface area contributed by atoms with Gasteiger partial charge in [-0.3, -0.25) is 4.79 Å². The number of benzene rings is 2. The van der Waals surface area contributed by atoms with Gasteiger partial charge in [-0.1, -0.05) is 35.9 Å². The Labute approximate surface area is 175 Å². The van der Waals surface area contributed by atoms with Gasteiger partial charge in [-0.05, 0) is 37.1 Å². The highest BCUT2D eigenvalue weighted by atomic mass is 32.1. The van der Waals surface area contributed by atoms with Gasteiger partial charge < -0.3 is 15.0 Å². The number of anilines is 1. The number of aryl methyl sites for hydroxylation is 2. The van der Waals surface area contributed by atoms with E-state index < -0.39 is 0 Å². The number of amides is 1. The topological polar surface area (TPSA) is 54.5 Å². The summed E-state index contributed by atoms with van der Waals surface area (Å²) in [4.78, 5) is 19.4. The van der Waals surface area contributed by atoms with Gasteiger partial charge in [0, 0.05) is 36.3 Å². The second kappa shape index (κ2) is 8.76. The summed E-state index contributed by atoms with van der Waals surface area (Å²) >= 11 is 1.50. The minimum atomic E-state index is -0.144. The van der Waals surface area contributed by atoms with Crippen LogP contribution in [0.3, 0.4) is 0 Å². The number of carbonyl (C=O) groups is 1. The number of morpholine rings is 1. The van der Waals surface area contributed by atoms with E-state index in [-0.39, 0.29) is 5.91 Å². The summed E-state index contributed by atoms with van der Waals surface area (Å²) in [5, 5.41) is 5.68. The summed E-state index contributed by atoms with van der Waals surface area (Å²) in [7, 11) is 0. The van der Waals surface area contributed by atoms with Crippen LogP contribution in [0.4, 0.5) is 5.69 Å². The number of thiazole rings is 1. The highest BCUT2D eigenvalue weighted by Gasteiger charge is 2.14. The fraction of sp³-hybridized carbons (Fsp3) is 0.304. The highest BCUT2D eigenvalue weighted by Crippen LogP contribution is 2.27. The quantitative estimate of drug-likeness (QED) is 0.689. The first-order valence-corrected chi connectivity index (χ1v) is 10.7. The molecule has 2 heterocycles. The molecule has 1 N–H and O–H groups in total. The van der Waals surface area contributed by atoms with Crippen LogP contribution in [0.15, 0.2) is 47.8 Å². The Kier molecular flexibility index (Phi) is 5.92. The zero-order valence-electron chi connectivity index (χ0n) is 16.8. The molecular weight excluding hydrogens is 382 g/mol. The SMILES string of the molecule is Cc1ccc(-c2nc(C(=O)NCc3ccc(N4CCOCC4)cc3)cs2)c(C)c1. The second-order valence-corrected chi connectivity index (χ2v) is 8.16. The van der Waals surface area contributed by atoms with Crippen molar-refractivity contribution in [1.82, 2.24) is 10.3 Å². The Morgan fingerprint density at radius 2 is 1.90 bits per heavy atom. The minimum absolute atomic E-state index is 0.144. The van der Waals surface area contributed by atoms with Crippen LogP contribution in [-0.4, -0.2) is 37.2 Å². The number of hydrogen-bond acceptors (Lipinski definition) is 5. The van der Waals surface area contributed by atoms with Crippen molar-refractivity contribution in [3.8, 4) is 10.6 Å². The third-order valence-electron chi connectivity index (χ3n) is 5.11. The van der Waals surface area contributed by atoms with E-state index in [1.807, 2.05) is 5.38 Å². The number of rotatable bonds is 5. The number of carbonyl (C=O) groups excluding carboxylic acids is 1. The van der Waals surface area contributed by atoms with E-state index in [9.17, 15) is 4.79 Å². The zero-order chi connectivity index (χ0) is 20.2. The highest BCUT2D eigenvalue weighted by molar-refractivity contribution is 7.13. The molecule has 0 spiro atoms. The molecule has 0 saturated carbocycles. The maximum absolute atomic E-state index is 12.5. The molecule has 150 valence electrons. The second-order valence-electron chi connectivity index (χ2n) is 7.30. The van der Waals surface area contributed by atoms with Gasteiger partial charge in [0.1, 0.15) is 10.7 Å². The van der Waals surface area contributed by atoms with Crippen LogP contribution in [0, 0.1) is 13.8 Å². The van der Waals surface area contributed by atoms with Crippen molar-refractivity contribution >= 4 is 22.9 Å². The summed E-state index contributed by atoms with van der Waals surface area (Å²) in [6, 6.07) is 14.6. The predicted octanol–water partition coefficient (Wildman–Crippen LogP) is 4.19. The Balaban J connectivity index is 1.37. The number of nitrogens with zero attached hydrogens (tertiary/aromatic N) is 2. The van der Waals surface area contributed by atoms with E-state index in [1.54, 1.807) is 0 Å². The number of hydrogen-bond donors (Lipinski definition) is 1. The first-order chi connectivity index (χ1) is 14.1. The van der Waals surface area contributed by atoms with Gasteiger partial charge in [0.15, 0.2) is 0 Å². The van der Waals surface area contributed by atoms with Gasteiger partial charge in [0.25, 0.3) is 5.91 Å². The molecule has 0 bridgehead atoms. The van der Waals surface area contributed by atoms with E-state index in [2.05, 4.69) is 71.5 Å². The van der Waals surface area contributed by atoms with Crippen molar-refractivity contribution in [3.63, 3.8) is 0 Å². The molecule has 0 aliphatic carbocycles. The molecule has 1 aliphatic rings. The van der Waals surface area contributed by atoms with Crippen molar-refractivity contribution < 1.29 is 9.53 Å². The summed E-state index contributed by atoms with van der Waals surface area (Å²) in [5.74, 6) is -0.144. The molecule has 0 radical (unpaired) electrons. The molecule has 2 aromatic carbocycles. The normalized spacial score (nSPS) is 14.1. The molecular formula is C23H25N3O2S. The third-order valence-corrected chi connectivity index (χ3v) is 5.99. The van der Waals surface area contributed by atoms with Gasteiger partial charge in [-0.25, -0.2) is 4.98 Å². The molecule has 6 heteroatoms. The fourth-order valence-corrected chi connectivity index (χ4v) is 4.36. The van der Waals surface area contributed by atoms with Gasteiger partial charge in [-0.2, -0.15) is 0 Å². The van der Waals surface area contributed by atoms with Crippen molar-refractivity contribution in [3.05, 3.63) is 70.2 Å². The molecule has 1 fully saturated rings. The lowest BCUT2D eigenvalue weighted by atomic mass is 10.1. The first-order valence-electron chi connectivity index (χ1n) is 9.83. The standard InChI is InChI=1S/C23H25N3O2S/c1-16-3-8-20(17(2)13-16)23-25-21(15-29-23)22(27)24-14-18-4-6-19(7-5-18)26-9-11-28-12-10-26/h3-8,13,15H,9-12,14H2,1-2H3,(H,24,27). The largest absolute Gasteiger partial charge is 0.378 e. The molecule has 1 amide bonds. The molecule has 5 nitrogen and oxygen atoms in total. The first kappa shape index (κ1) is 19.6. The Hall–Kier alpha value is -2.70. The van der Waals surface area contributed by atoms with Crippen LogP contribution in [0.2, 0.25) is 0 Å². The average Bonchev–Trinajstić information content (AvgIpc) is 3.23. The van der Waals surface area contributed by atoms with E-state index in [0.717, 1.165) is 42.4 Å². The molecule has 3 aromatic rings. The Bertz CT molecular complexity index is 992. The molecule has 1 aliphatic heterocycles. The molecule has 0 atom stereocenters. The lowest BCUT2D eigenvalue weighted by molar-refractivity contribution is 0.0946. The van der Waals surface area contributed by atoms with E-state index in [1.165, 1.54) is 28.2 Å². The molecule has 1 aromatic heterocycles. The zero-order valence-corrected chi connectivity index (χ0v) is 17.6. The van der Waals surface area contributed by atoms with Crippen molar-refractivity contribution in [2.75, 3.05) is 31.2 Å². The van der Waals surface area contributed by atoms with Crippen LogP contribution in [-0.2, 0) is 11.3 Å². The summed E-state index contributed by atoms with van der Waals surface area (Å²) < 4.78 is 5.40. The monoisotopic (exact) mass is 407 g/mol. The number of nitrogens with one attached hydrogen (secondary N) is 1. The van der Waals surface area contributed by atoms with Crippen molar-refractivity contribution in [2.24, 2.45) is 0 Å². The van der Waals surface area contributed by atoms with Crippen LogP contribution in [0.25, 0.3) is 10.6 Å². The summed E-state index contributed by atoms with van der Waals surface area (Å²) in [6.45, 7) is 8.02.